The van der Waals surface area contributed by atoms with Crippen LogP contribution in [0.3, 0.4) is 0 Å². The van der Waals surface area contributed by atoms with Gasteiger partial charge in [-0.2, -0.15) is 13.2 Å². The molecule has 1 amide bonds. The van der Waals surface area contributed by atoms with Crippen LogP contribution in [0.4, 0.5) is 23.7 Å². The zero-order chi connectivity index (χ0) is 21.2. The van der Waals surface area contributed by atoms with E-state index in [1.165, 1.54) is 12.1 Å². The van der Waals surface area contributed by atoms with E-state index in [0.717, 1.165) is 17.7 Å². The summed E-state index contributed by atoms with van der Waals surface area (Å²) in [4.78, 5) is 16.5. The van der Waals surface area contributed by atoms with Gasteiger partial charge in [-0.1, -0.05) is 17.3 Å². The summed E-state index contributed by atoms with van der Waals surface area (Å²) in [6, 6.07) is 9.23. The molecule has 0 spiro atoms. The Balaban J connectivity index is 0.00000320. The number of amidine groups is 1. The molecule has 0 atom stereocenters. The Morgan fingerprint density at radius 2 is 1.93 bits per heavy atom. The van der Waals surface area contributed by atoms with Gasteiger partial charge in [0, 0.05) is 16.8 Å². The lowest BCUT2D eigenvalue weighted by atomic mass is 10.0. The predicted octanol–water partition coefficient (Wildman–Crippen LogP) is 3.93. The van der Waals surface area contributed by atoms with Crippen molar-refractivity contribution in [1.29, 1.82) is 0 Å². The average molecular weight is 423 g/mol. The minimum Gasteiger partial charge on any atom is -0.483 e. The van der Waals surface area contributed by atoms with Crippen LogP contribution in [-0.2, 0) is 11.0 Å². The molecule has 0 bridgehead atoms. The van der Waals surface area contributed by atoms with Crippen LogP contribution in [0.15, 0.2) is 53.7 Å². The van der Waals surface area contributed by atoms with Crippen molar-refractivity contribution < 1.29 is 33.0 Å². The number of hydrogen-bond donors (Lipinski definition) is 2. The Morgan fingerprint density at radius 3 is 2.63 bits per heavy atom. The van der Waals surface area contributed by atoms with Gasteiger partial charge in [0.25, 0.3) is 0 Å². The number of fused-ring (bicyclic) bond motifs is 1. The zero-order valence-electron chi connectivity index (χ0n) is 16.1. The summed E-state index contributed by atoms with van der Waals surface area (Å²) in [5.74, 6) is 0.600. The van der Waals surface area contributed by atoms with Gasteiger partial charge in [0.15, 0.2) is 5.84 Å². The molecule has 0 aromatic heterocycles. The van der Waals surface area contributed by atoms with Gasteiger partial charge >= 0.3 is 12.3 Å². The van der Waals surface area contributed by atoms with Crippen molar-refractivity contribution >= 4 is 23.7 Å². The molecule has 0 saturated heterocycles. The summed E-state index contributed by atoms with van der Waals surface area (Å²) < 4.78 is 43.9. The van der Waals surface area contributed by atoms with Crippen molar-refractivity contribution in [3.8, 4) is 5.75 Å². The van der Waals surface area contributed by atoms with Crippen molar-refractivity contribution in [2.75, 3.05) is 5.32 Å². The molecule has 0 saturated carbocycles. The van der Waals surface area contributed by atoms with E-state index in [9.17, 15) is 18.0 Å². The summed E-state index contributed by atoms with van der Waals surface area (Å²) in [6.07, 6.45) is -1.82. The number of amides is 1. The SMILES string of the molecule is CC1(C)C=Cc2cc(/C(N)=N/OC(=O)Nc3cccc(C(F)(F)F)c3)ccc2O1.O. The number of nitrogens with one attached hydrogen (secondary N) is 1. The van der Waals surface area contributed by atoms with E-state index in [4.69, 9.17) is 10.5 Å². The lowest BCUT2D eigenvalue weighted by Crippen LogP contribution is -2.27. The molecular weight excluding hydrogens is 403 g/mol. The fourth-order valence-corrected chi connectivity index (χ4v) is 2.60. The molecule has 1 heterocycles. The molecule has 0 radical (unpaired) electrons. The van der Waals surface area contributed by atoms with E-state index in [2.05, 4.69) is 15.3 Å². The summed E-state index contributed by atoms with van der Waals surface area (Å²) in [5, 5.41) is 5.70. The highest BCUT2D eigenvalue weighted by molar-refractivity contribution is 5.98. The fourth-order valence-electron chi connectivity index (χ4n) is 2.60. The van der Waals surface area contributed by atoms with E-state index in [-0.39, 0.29) is 17.0 Å². The highest BCUT2D eigenvalue weighted by Gasteiger charge is 2.30. The summed E-state index contributed by atoms with van der Waals surface area (Å²) in [7, 11) is 0. The number of alkyl halides is 3. The second-order valence-electron chi connectivity index (χ2n) is 6.85. The van der Waals surface area contributed by atoms with Crippen LogP contribution >= 0.6 is 0 Å². The Kier molecular flexibility index (Phi) is 6.41. The van der Waals surface area contributed by atoms with Crippen molar-refractivity contribution in [2.24, 2.45) is 10.9 Å². The average Bonchev–Trinajstić information content (AvgIpc) is 2.64. The molecule has 1 aliphatic rings. The fraction of sp³-hybridized carbons (Fsp3) is 0.200. The van der Waals surface area contributed by atoms with Crippen molar-refractivity contribution in [2.45, 2.75) is 25.6 Å². The molecule has 5 N–H and O–H groups in total. The highest BCUT2D eigenvalue weighted by Crippen LogP contribution is 2.32. The molecule has 0 fully saturated rings. The Bertz CT molecular complexity index is 1000. The monoisotopic (exact) mass is 423 g/mol. The van der Waals surface area contributed by atoms with Crippen molar-refractivity contribution in [3.63, 3.8) is 0 Å². The lowest BCUT2D eigenvalue weighted by molar-refractivity contribution is -0.137. The van der Waals surface area contributed by atoms with Gasteiger partial charge < -0.3 is 15.9 Å². The molecule has 10 heteroatoms. The first-order valence-electron chi connectivity index (χ1n) is 8.55. The van der Waals surface area contributed by atoms with Crippen molar-refractivity contribution in [1.82, 2.24) is 0 Å². The number of anilines is 1. The van der Waals surface area contributed by atoms with Gasteiger partial charge in [-0.25, -0.2) is 4.79 Å². The summed E-state index contributed by atoms with van der Waals surface area (Å²) >= 11 is 0. The maximum Gasteiger partial charge on any atom is 0.437 e. The Hall–Kier alpha value is -3.53. The zero-order valence-corrected chi connectivity index (χ0v) is 16.1. The van der Waals surface area contributed by atoms with Crippen LogP contribution in [-0.4, -0.2) is 23.0 Å². The van der Waals surface area contributed by atoms with E-state index < -0.39 is 23.4 Å². The van der Waals surface area contributed by atoms with Crippen LogP contribution in [0.25, 0.3) is 6.08 Å². The van der Waals surface area contributed by atoms with Crippen LogP contribution in [0.1, 0.15) is 30.5 Å². The third-order valence-electron chi connectivity index (χ3n) is 4.01. The Labute approximate surface area is 170 Å². The van der Waals surface area contributed by atoms with Gasteiger partial charge in [-0.3, -0.25) is 10.2 Å². The highest BCUT2D eigenvalue weighted by atomic mass is 19.4. The number of benzene rings is 2. The second kappa shape index (κ2) is 8.46. The third-order valence-corrected chi connectivity index (χ3v) is 4.01. The normalized spacial score (nSPS) is 14.8. The van der Waals surface area contributed by atoms with Gasteiger partial charge in [0.05, 0.1) is 5.56 Å². The largest absolute Gasteiger partial charge is 0.483 e. The molecule has 0 aliphatic carbocycles. The van der Waals surface area contributed by atoms with Crippen LogP contribution in [0.2, 0.25) is 0 Å². The molecule has 2 aromatic rings. The number of rotatable bonds is 3. The van der Waals surface area contributed by atoms with Gasteiger partial charge in [0.1, 0.15) is 11.4 Å². The quantitative estimate of drug-likeness (QED) is 0.337. The minimum absolute atomic E-state index is 0. The second-order valence-corrected chi connectivity index (χ2v) is 6.85. The van der Waals surface area contributed by atoms with Crippen LogP contribution in [0.5, 0.6) is 5.75 Å². The number of hydrogen-bond acceptors (Lipinski definition) is 4. The van der Waals surface area contributed by atoms with Crippen LogP contribution < -0.4 is 15.8 Å². The number of ether oxygens (including phenoxy) is 1. The standard InChI is InChI=1S/C20H18F3N3O3.H2O/c1-19(2)9-8-12-10-13(6-7-16(12)28-19)17(24)26-29-18(27)25-15-5-3-4-14(11-15)20(21,22)23;/h3-11H,1-2H3,(H2,24,26)(H,25,27);1H2. The maximum absolute atomic E-state index is 12.7. The van der Waals surface area contributed by atoms with E-state index >= 15 is 0 Å². The summed E-state index contributed by atoms with van der Waals surface area (Å²) in [5.41, 5.74) is 5.71. The molecule has 0 unspecified atom stereocenters. The first kappa shape index (κ1) is 22.8. The topological polar surface area (TPSA) is 117 Å². The number of carbonyl (C=O) groups excluding carboxylic acids is 1. The van der Waals surface area contributed by atoms with Crippen LogP contribution in [0, 0.1) is 0 Å². The number of nitrogens with two attached hydrogens (primary N) is 1. The molecule has 2 aromatic carbocycles. The molecule has 30 heavy (non-hydrogen) atoms. The number of halogens is 3. The maximum atomic E-state index is 12.7. The van der Waals surface area contributed by atoms with Gasteiger partial charge in [-0.15, -0.1) is 0 Å². The molecule has 3 rings (SSSR count). The van der Waals surface area contributed by atoms with Crippen molar-refractivity contribution in [3.05, 3.63) is 65.2 Å². The number of nitrogens with zero attached hydrogens (tertiary/aromatic N) is 1. The molecule has 1 aliphatic heterocycles. The van der Waals surface area contributed by atoms with E-state index in [1.54, 1.807) is 18.2 Å². The smallest absolute Gasteiger partial charge is 0.437 e. The predicted molar refractivity (Wildman–Crippen MR) is 106 cm³/mol. The number of oxime groups is 1. The Morgan fingerprint density at radius 1 is 1.20 bits per heavy atom. The summed E-state index contributed by atoms with van der Waals surface area (Å²) in [6.45, 7) is 3.85. The lowest BCUT2D eigenvalue weighted by Gasteiger charge is -2.27. The molecule has 7 nitrogen and oxygen atoms in total. The molecular formula is C20H20F3N3O4. The number of carbonyl (C=O) groups is 1. The first-order valence-corrected chi connectivity index (χ1v) is 8.55. The third kappa shape index (κ3) is 5.51. The van der Waals surface area contributed by atoms with Gasteiger partial charge in [-0.05, 0) is 56.3 Å². The molecule has 160 valence electrons. The van der Waals surface area contributed by atoms with E-state index in [1.807, 2.05) is 26.0 Å². The minimum atomic E-state index is -4.52. The van der Waals surface area contributed by atoms with E-state index in [0.29, 0.717) is 11.3 Å². The first-order chi connectivity index (χ1) is 13.5. The van der Waals surface area contributed by atoms with Gasteiger partial charge in [0.2, 0.25) is 0 Å².